The van der Waals surface area contributed by atoms with Crippen LogP contribution in [0.3, 0.4) is 0 Å². The number of hydrogen-bond donors (Lipinski definition) is 2. The second-order valence-electron chi connectivity index (χ2n) is 11.7. The molecule has 1 amide bonds. The summed E-state index contributed by atoms with van der Waals surface area (Å²) < 4.78 is 31.0. The minimum atomic E-state index is -1.82. The average Bonchev–Trinajstić information content (AvgIpc) is 3.00. The van der Waals surface area contributed by atoms with Gasteiger partial charge < -0.3 is 34.2 Å². The van der Waals surface area contributed by atoms with Crippen LogP contribution in [0.15, 0.2) is 48.5 Å². The van der Waals surface area contributed by atoms with Crippen LogP contribution < -0.4 is 4.74 Å². The number of carboxylic acids is 2. The third kappa shape index (κ3) is 12.2. The van der Waals surface area contributed by atoms with Crippen LogP contribution in [0.4, 0.5) is 4.39 Å². The number of likely N-dealkylation sites (tertiary alicyclic amines) is 1. The summed E-state index contributed by atoms with van der Waals surface area (Å²) in [4.78, 5) is 36.2. The maximum absolute atomic E-state index is 13.6. The van der Waals surface area contributed by atoms with Gasteiger partial charge in [0.05, 0.1) is 25.7 Å². The summed E-state index contributed by atoms with van der Waals surface area (Å²) in [5.74, 6) is -2.53. The molecule has 2 aliphatic heterocycles. The number of halogens is 1. The first-order valence-corrected chi connectivity index (χ1v) is 15.2. The van der Waals surface area contributed by atoms with Gasteiger partial charge in [-0.15, -0.1) is 0 Å². The molecule has 2 fully saturated rings. The largest absolute Gasteiger partial charge is 0.493 e. The van der Waals surface area contributed by atoms with Crippen molar-refractivity contribution in [1.82, 2.24) is 9.80 Å². The molecule has 0 aliphatic carbocycles. The molecule has 10 nitrogen and oxygen atoms in total. The van der Waals surface area contributed by atoms with Crippen molar-refractivity contribution in [2.45, 2.75) is 77.9 Å². The molecule has 2 saturated heterocycles. The molecule has 2 aromatic carbocycles. The van der Waals surface area contributed by atoms with Crippen molar-refractivity contribution in [2.24, 2.45) is 5.92 Å². The Morgan fingerprint density at radius 2 is 1.59 bits per heavy atom. The minimum Gasteiger partial charge on any atom is -0.493 e. The van der Waals surface area contributed by atoms with Crippen LogP contribution in [0.5, 0.6) is 5.75 Å². The number of carbonyl (C=O) groups excluding carboxylic acids is 1. The van der Waals surface area contributed by atoms with Crippen molar-refractivity contribution in [3.05, 3.63) is 65.5 Å². The van der Waals surface area contributed by atoms with Gasteiger partial charge in [0.2, 0.25) is 5.91 Å². The van der Waals surface area contributed by atoms with Crippen LogP contribution in [0.1, 0.15) is 57.6 Å². The summed E-state index contributed by atoms with van der Waals surface area (Å²) in [5.41, 5.74) is 1.91. The van der Waals surface area contributed by atoms with Crippen LogP contribution in [-0.4, -0.2) is 89.1 Å². The topological polar surface area (TPSA) is 126 Å². The van der Waals surface area contributed by atoms with Gasteiger partial charge in [-0.3, -0.25) is 4.79 Å². The summed E-state index contributed by atoms with van der Waals surface area (Å²) in [7, 11) is 0. The van der Waals surface area contributed by atoms with Gasteiger partial charge in [-0.05, 0) is 67.5 Å². The van der Waals surface area contributed by atoms with Gasteiger partial charge >= 0.3 is 11.9 Å². The highest BCUT2D eigenvalue weighted by Gasteiger charge is 2.29. The highest BCUT2D eigenvalue weighted by molar-refractivity contribution is 6.27. The van der Waals surface area contributed by atoms with Gasteiger partial charge in [0, 0.05) is 38.6 Å². The van der Waals surface area contributed by atoms with Crippen molar-refractivity contribution in [3.63, 3.8) is 0 Å². The molecule has 11 heteroatoms. The van der Waals surface area contributed by atoms with Crippen LogP contribution in [-0.2, 0) is 36.8 Å². The summed E-state index contributed by atoms with van der Waals surface area (Å²) in [6.07, 6.45) is 4.12. The van der Waals surface area contributed by atoms with Crippen LogP contribution >= 0.6 is 0 Å². The third-order valence-corrected chi connectivity index (χ3v) is 7.52. The van der Waals surface area contributed by atoms with Crippen molar-refractivity contribution in [3.8, 4) is 5.75 Å². The lowest BCUT2D eigenvalue weighted by molar-refractivity contribution is -0.211. The Morgan fingerprint density at radius 1 is 0.977 bits per heavy atom. The number of carbonyl (C=O) groups is 3. The molecular weight excluding hydrogens is 571 g/mol. The molecule has 2 heterocycles. The van der Waals surface area contributed by atoms with Gasteiger partial charge in [0.15, 0.2) is 6.29 Å². The molecule has 2 aliphatic rings. The predicted octanol–water partition coefficient (Wildman–Crippen LogP) is 4.59. The SMILES string of the molecule is CC(C)COc1ccc(CC(=O)N(Cc2ccc(F)cc2)C2CCN(CCC3OCCC(C)O3)CC2)cc1.O=C(O)C(=O)O. The first kappa shape index (κ1) is 34.9. The van der Waals surface area contributed by atoms with Gasteiger partial charge in [-0.2, -0.15) is 0 Å². The van der Waals surface area contributed by atoms with E-state index >= 15 is 0 Å². The van der Waals surface area contributed by atoms with Gasteiger partial charge in [-0.1, -0.05) is 38.1 Å². The van der Waals surface area contributed by atoms with Crippen molar-refractivity contribution >= 4 is 17.8 Å². The standard InChI is InChI=1S/C31H43FN2O4.C2H2O4/c1-23(2)22-37-29-10-6-25(7-11-29)20-30(35)34(21-26-4-8-27(32)9-5-26)28-12-16-33(17-13-28)18-14-31-36-19-15-24(3)38-31;3-1(4)2(5)6/h4-11,23-24,28,31H,12-22H2,1-3H3;(H,3,4)(H,5,6). The van der Waals surface area contributed by atoms with Crippen LogP contribution in [0.25, 0.3) is 0 Å². The van der Waals surface area contributed by atoms with E-state index in [1.165, 1.54) is 12.1 Å². The fourth-order valence-corrected chi connectivity index (χ4v) is 5.08. The fourth-order valence-electron chi connectivity index (χ4n) is 5.08. The molecular formula is C33H45FN2O8. The zero-order chi connectivity index (χ0) is 32.1. The molecule has 2 aromatic rings. The molecule has 0 spiro atoms. The van der Waals surface area contributed by atoms with E-state index in [9.17, 15) is 9.18 Å². The fraction of sp³-hybridized carbons (Fsp3) is 0.545. The van der Waals surface area contributed by atoms with E-state index < -0.39 is 11.9 Å². The van der Waals surface area contributed by atoms with Crippen LogP contribution in [0.2, 0.25) is 0 Å². The Labute approximate surface area is 258 Å². The smallest absolute Gasteiger partial charge is 0.414 e. The normalized spacial score (nSPS) is 19.1. The molecule has 0 bridgehead atoms. The van der Waals surface area contributed by atoms with E-state index in [2.05, 4.69) is 25.7 Å². The lowest BCUT2D eigenvalue weighted by atomic mass is 10.0. The van der Waals surface area contributed by atoms with Crippen molar-refractivity contribution in [1.29, 1.82) is 0 Å². The zero-order valence-corrected chi connectivity index (χ0v) is 25.8. The third-order valence-electron chi connectivity index (χ3n) is 7.52. The van der Waals surface area contributed by atoms with Crippen molar-refractivity contribution < 1.29 is 43.2 Å². The zero-order valence-electron chi connectivity index (χ0n) is 25.8. The van der Waals surface area contributed by atoms with Gasteiger partial charge in [-0.25, -0.2) is 14.0 Å². The molecule has 2 atom stereocenters. The lowest BCUT2D eigenvalue weighted by Crippen LogP contribution is -2.48. The predicted molar refractivity (Wildman–Crippen MR) is 162 cm³/mol. The lowest BCUT2D eigenvalue weighted by Gasteiger charge is -2.39. The first-order chi connectivity index (χ1) is 21.0. The molecule has 0 aromatic heterocycles. The molecule has 2 unspecified atom stereocenters. The number of benzene rings is 2. The van der Waals surface area contributed by atoms with Crippen LogP contribution in [0, 0.1) is 11.7 Å². The van der Waals surface area contributed by atoms with E-state index in [1.807, 2.05) is 29.2 Å². The summed E-state index contributed by atoms with van der Waals surface area (Å²) >= 11 is 0. The molecule has 44 heavy (non-hydrogen) atoms. The Bertz CT molecular complexity index is 1170. The summed E-state index contributed by atoms with van der Waals surface area (Å²) in [6, 6.07) is 14.5. The Morgan fingerprint density at radius 3 is 2.16 bits per heavy atom. The van der Waals surface area contributed by atoms with E-state index in [1.54, 1.807) is 12.1 Å². The molecule has 242 valence electrons. The average molecular weight is 617 g/mol. The van der Waals surface area contributed by atoms with E-state index in [-0.39, 0.29) is 30.2 Å². The maximum Gasteiger partial charge on any atom is 0.414 e. The molecule has 0 saturated carbocycles. The molecule has 4 rings (SSSR count). The summed E-state index contributed by atoms with van der Waals surface area (Å²) in [5, 5.41) is 14.8. The monoisotopic (exact) mass is 616 g/mol. The highest BCUT2D eigenvalue weighted by Crippen LogP contribution is 2.23. The van der Waals surface area contributed by atoms with E-state index in [0.29, 0.717) is 25.5 Å². The van der Waals surface area contributed by atoms with Crippen molar-refractivity contribution in [2.75, 3.05) is 32.8 Å². The number of amides is 1. The first-order valence-electron chi connectivity index (χ1n) is 15.2. The van der Waals surface area contributed by atoms with Gasteiger partial charge in [0.1, 0.15) is 11.6 Å². The van der Waals surface area contributed by atoms with Gasteiger partial charge in [0.25, 0.3) is 0 Å². The number of piperidine rings is 1. The molecule has 0 radical (unpaired) electrons. The number of hydrogen-bond acceptors (Lipinski definition) is 7. The van der Waals surface area contributed by atoms with E-state index in [0.717, 1.165) is 68.8 Å². The minimum absolute atomic E-state index is 0.0987. The Kier molecular flexibility index (Phi) is 14.0. The Balaban J connectivity index is 0.000000801. The van der Waals surface area contributed by atoms with E-state index in [4.69, 9.17) is 34.0 Å². The quantitative estimate of drug-likeness (QED) is 0.349. The number of ether oxygens (including phenoxy) is 3. The number of rotatable bonds is 11. The summed E-state index contributed by atoms with van der Waals surface area (Å²) in [6.45, 7) is 11.1. The number of aliphatic carboxylic acids is 2. The number of carboxylic acid groups (broad SMARTS) is 2. The Hall–Kier alpha value is -3.54. The molecule has 2 N–H and O–H groups in total. The second-order valence-corrected chi connectivity index (χ2v) is 11.7. The highest BCUT2D eigenvalue weighted by atomic mass is 19.1. The maximum atomic E-state index is 13.6. The second kappa shape index (κ2) is 17.7. The number of nitrogens with zero attached hydrogens (tertiary/aromatic N) is 2.